The van der Waals surface area contributed by atoms with E-state index < -0.39 is 5.97 Å². The molecule has 1 amide bonds. The molecule has 0 spiro atoms. The first-order valence-corrected chi connectivity index (χ1v) is 10.3. The maximum atomic E-state index is 12.6. The van der Waals surface area contributed by atoms with Crippen LogP contribution in [0.15, 0.2) is 48.8 Å². The molecule has 162 valence electrons. The second kappa shape index (κ2) is 9.55. The van der Waals surface area contributed by atoms with Gasteiger partial charge in [-0.1, -0.05) is 52.0 Å². The lowest BCUT2D eigenvalue weighted by molar-refractivity contribution is -0.119. The lowest BCUT2D eigenvalue weighted by Crippen LogP contribution is -2.23. The van der Waals surface area contributed by atoms with Gasteiger partial charge in [0.05, 0.1) is 11.9 Å². The van der Waals surface area contributed by atoms with Gasteiger partial charge in [0, 0.05) is 11.9 Å². The van der Waals surface area contributed by atoms with Gasteiger partial charge in [-0.2, -0.15) is 5.10 Å². The maximum Gasteiger partial charge on any atom is 0.342 e. The summed E-state index contributed by atoms with van der Waals surface area (Å²) in [4.78, 5) is 29.4. The van der Waals surface area contributed by atoms with E-state index in [0.29, 0.717) is 17.1 Å². The molecule has 0 fully saturated rings. The fourth-order valence-corrected chi connectivity index (χ4v) is 3.40. The number of amides is 1. The minimum Gasteiger partial charge on any atom is -0.452 e. The van der Waals surface area contributed by atoms with Crippen molar-refractivity contribution in [3.05, 3.63) is 71.2 Å². The van der Waals surface area contributed by atoms with Crippen LogP contribution >= 0.6 is 0 Å². The molecule has 7 heteroatoms. The molecule has 0 unspecified atom stereocenters. The molecule has 0 aliphatic heterocycles. The minimum atomic E-state index is -0.601. The number of hydrogen-bond acceptors (Lipinski definition) is 5. The monoisotopic (exact) mass is 420 g/mol. The van der Waals surface area contributed by atoms with Crippen molar-refractivity contribution in [1.82, 2.24) is 14.8 Å². The molecule has 7 nitrogen and oxygen atoms in total. The molecule has 2 aromatic heterocycles. The van der Waals surface area contributed by atoms with E-state index in [1.54, 1.807) is 29.9 Å². The quantitative estimate of drug-likeness (QED) is 0.564. The molecule has 3 aromatic rings. The van der Waals surface area contributed by atoms with Crippen molar-refractivity contribution >= 4 is 17.6 Å². The lowest BCUT2D eigenvalue weighted by Gasteiger charge is -2.20. The standard InChI is InChI=1S/C24H28N4O3/c1-15(2)18-9-8-10-19(16(3)4)23(18)27-22(29)14-31-24(30)20-13-26-28(17(20)5)21-11-6-7-12-25-21/h6-13,15-16H,14H2,1-5H3,(H,27,29). The molecule has 0 saturated carbocycles. The van der Waals surface area contributed by atoms with Crippen LogP contribution < -0.4 is 5.32 Å². The first kappa shape index (κ1) is 22.2. The first-order valence-electron chi connectivity index (χ1n) is 10.3. The van der Waals surface area contributed by atoms with Gasteiger partial charge in [-0.05, 0) is 42.0 Å². The fourth-order valence-electron chi connectivity index (χ4n) is 3.40. The highest BCUT2D eigenvalue weighted by Crippen LogP contribution is 2.32. The number of hydrogen-bond donors (Lipinski definition) is 1. The summed E-state index contributed by atoms with van der Waals surface area (Å²) in [7, 11) is 0. The van der Waals surface area contributed by atoms with Crippen LogP contribution in [0.2, 0.25) is 0 Å². The molecule has 0 aliphatic rings. The summed E-state index contributed by atoms with van der Waals surface area (Å²) in [5.74, 6) is 0.116. The molecule has 31 heavy (non-hydrogen) atoms. The van der Waals surface area contributed by atoms with Gasteiger partial charge in [0.1, 0.15) is 5.56 Å². The Bertz CT molecular complexity index is 1050. The molecule has 0 atom stereocenters. The van der Waals surface area contributed by atoms with Crippen LogP contribution in [0.1, 0.15) is 66.7 Å². The number of nitrogens with one attached hydrogen (secondary N) is 1. The predicted molar refractivity (Wildman–Crippen MR) is 120 cm³/mol. The topological polar surface area (TPSA) is 86.1 Å². The molecule has 0 aliphatic carbocycles. The SMILES string of the molecule is Cc1c(C(=O)OCC(=O)Nc2c(C(C)C)cccc2C(C)C)cnn1-c1ccccn1. The number of aromatic nitrogens is 3. The van der Waals surface area contributed by atoms with Crippen LogP contribution in [-0.2, 0) is 9.53 Å². The Balaban J connectivity index is 1.70. The number of ether oxygens (including phenoxy) is 1. The molecule has 1 aromatic carbocycles. The number of carbonyl (C=O) groups is 2. The van der Waals surface area contributed by atoms with E-state index in [1.165, 1.54) is 6.20 Å². The summed E-state index contributed by atoms with van der Waals surface area (Å²) in [5.41, 5.74) is 3.80. The Hall–Kier alpha value is -3.48. The second-order valence-corrected chi connectivity index (χ2v) is 7.99. The third-order valence-corrected chi connectivity index (χ3v) is 5.07. The summed E-state index contributed by atoms with van der Waals surface area (Å²) >= 11 is 0. The van der Waals surface area contributed by atoms with Crippen molar-refractivity contribution in [2.75, 3.05) is 11.9 Å². The zero-order valence-electron chi connectivity index (χ0n) is 18.5. The number of carbonyl (C=O) groups excluding carboxylic acids is 2. The van der Waals surface area contributed by atoms with Gasteiger partial charge in [-0.3, -0.25) is 4.79 Å². The van der Waals surface area contributed by atoms with Gasteiger partial charge in [0.15, 0.2) is 12.4 Å². The molecule has 3 rings (SSSR count). The Labute approximate surface area is 182 Å². The van der Waals surface area contributed by atoms with E-state index in [2.05, 4.69) is 43.1 Å². The van der Waals surface area contributed by atoms with Gasteiger partial charge in [-0.25, -0.2) is 14.5 Å². The van der Waals surface area contributed by atoms with Gasteiger partial charge in [0.2, 0.25) is 0 Å². The summed E-state index contributed by atoms with van der Waals surface area (Å²) in [5, 5.41) is 7.16. The first-order chi connectivity index (χ1) is 14.8. The Morgan fingerprint density at radius 2 is 1.71 bits per heavy atom. The Morgan fingerprint density at radius 1 is 1.03 bits per heavy atom. The van der Waals surface area contributed by atoms with E-state index in [4.69, 9.17) is 4.74 Å². The van der Waals surface area contributed by atoms with Crippen molar-refractivity contribution in [3.63, 3.8) is 0 Å². The summed E-state index contributed by atoms with van der Waals surface area (Å²) in [6.07, 6.45) is 3.08. The average molecular weight is 421 g/mol. The number of pyridine rings is 1. The highest BCUT2D eigenvalue weighted by molar-refractivity contribution is 5.97. The molecule has 0 radical (unpaired) electrons. The van der Waals surface area contributed by atoms with E-state index in [-0.39, 0.29) is 24.3 Å². The molecule has 0 saturated heterocycles. The number of rotatable bonds is 7. The third kappa shape index (κ3) is 4.99. The maximum absolute atomic E-state index is 12.6. The van der Waals surface area contributed by atoms with Gasteiger partial charge in [-0.15, -0.1) is 0 Å². The third-order valence-electron chi connectivity index (χ3n) is 5.07. The van der Waals surface area contributed by atoms with Crippen LogP contribution in [0.25, 0.3) is 5.82 Å². The molecule has 2 heterocycles. The molecular weight excluding hydrogens is 392 g/mol. The normalized spacial score (nSPS) is 11.1. The Kier molecular flexibility index (Phi) is 6.84. The van der Waals surface area contributed by atoms with Gasteiger partial charge < -0.3 is 10.1 Å². The number of esters is 1. The van der Waals surface area contributed by atoms with Crippen molar-refractivity contribution in [1.29, 1.82) is 0 Å². The van der Waals surface area contributed by atoms with E-state index in [0.717, 1.165) is 16.8 Å². The van der Waals surface area contributed by atoms with Crippen LogP contribution in [0.3, 0.4) is 0 Å². The number of anilines is 1. The summed E-state index contributed by atoms with van der Waals surface area (Å²) in [6.45, 7) is 9.70. The van der Waals surface area contributed by atoms with Crippen LogP contribution in [-0.4, -0.2) is 33.2 Å². The smallest absolute Gasteiger partial charge is 0.342 e. The van der Waals surface area contributed by atoms with E-state index in [1.807, 2.05) is 24.3 Å². The van der Waals surface area contributed by atoms with Crippen LogP contribution in [0, 0.1) is 6.92 Å². The van der Waals surface area contributed by atoms with Crippen LogP contribution in [0.4, 0.5) is 5.69 Å². The number of benzene rings is 1. The van der Waals surface area contributed by atoms with Gasteiger partial charge >= 0.3 is 5.97 Å². The predicted octanol–water partition coefficient (Wildman–Crippen LogP) is 4.62. The second-order valence-electron chi connectivity index (χ2n) is 7.99. The number of nitrogens with zero attached hydrogens (tertiary/aromatic N) is 3. The fraction of sp³-hybridized carbons (Fsp3) is 0.333. The summed E-state index contributed by atoms with van der Waals surface area (Å²) in [6, 6.07) is 11.5. The lowest BCUT2D eigenvalue weighted by atomic mass is 9.92. The van der Waals surface area contributed by atoms with Crippen molar-refractivity contribution < 1.29 is 14.3 Å². The minimum absolute atomic E-state index is 0.247. The van der Waals surface area contributed by atoms with Gasteiger partial charge in [0.25, 0.3) is 5.91 Å². The zero-order valence-corrected chi connectivity index (χ0v) is 18.5. The average Bonchev–Trinajstić information content (AvgIpc) is 3.13. The van der Waals surface area contributed by atoms with E-state index in [9.17, 15) is 9.59 Å². The molecule has 1 N–H and O–H groups in total. The Morgan fingerprint density at radius 3 is 2.29 bits per heavy atom. The molecular formula is C24H28N4O3. The largest absolute Gasteiger partial charge is 0.452 e. The number of para-hydroxylation sites is 1. The highest BCUT2D eigenvalue weighted by atomic mass is 16.5. The summed E-state index contributed by atoms with van der Waals surface area (Å²) < 4.78 is 6.83. The molecule has 0 bridgehead atoms. The van der Waals surface area contributed by atoms with Crippen molar-refractivity contribution in [3.8, 4) is 5.82 Å². The van der Waals surface area contributed by atoms with E-state index >= 15 is 0 Å². The van der Waals surface area contributed by atoms with Crippen LogP contribution in [0.5, 0.6) is 0 Å². The zero-order chi connectivity index (χ0) is 22.5. The van der Waals surface area contributed by atoms with Crippen molar-refractivity contribution in [2.45, 2.75) is 46.5 Å². The highest BCUT2D eigenvalue weighted by Gasteiger charge is 2.20. The van der Waals surface area contributed by atoms with Crippen molar-refractivity contribution in [2.24, 2.45) is 0 Å².